The molecule has 0 aliphatic carbocycles. The van der Waals surface area contributed by atoms with E-state index in [1.54, 1.807) is 14.0 Å². The minimum absolute atomic E-state index is 0.180. The molecule has 3 aromatic heterocycles. The molecule has 0 unspecified atom stereocenters. The molecule has 96 valence electrons. The Bertz CT molecular complexity index is 717. The molecule has 1 N–H and O–H groups in total. The number of hydrogen-bond donors (Lipinski definition) is 1. The molecule has 0 fully saturated rings. The fraction of sp³-hybridized carbons (Fsp3) is 0.154. The number of aromatic nitrogens is 4. The van der Waals surface area contributed by atoms with Gasteiger partial charge in [0, 0.05) is 19.4 Å². The number of nitrogens with zero attached hydrogens (tertiary/aromatic N) is 4. The SMILES string of the molecule is CNc1nc(-c2cn3ccccc3n2)nc(C)c1F. The highest BCUT2D eigenvalue weighted by molar-refractivity contribution is 5.57. The van der Waals surface area contributed by atoms with E-state index in [0.29, 0.717) is 17.2 Å². The van der Waals surface area contributed by atoms with Crippen molar-refractivity contribution in [3.8, 4) is 11.5 Å². The second-order valence-corrected chi connectivity index (χ2v) is 4.14. The zero-order valence-corrected chi connectivity index (χ0v) is 10.6. The quantitative estimate of drug-likeness (QED) is 0.765. The Balaban J connectivity index is 2.18. The highest BCUT2D eigenvalue weighted by atomic mass is 19.1. The molecular weight excluding hydrogens is 245 g/mol. The van der Waals surface area contributed by atoms with Crippen LogP contribution in [0, 0.1) is 12.7 Å². The largest absolute Gasteiger partial charge is 0.371 e. The van der Waals surface area contributed by atoms with E-state index >= 15 is 0 Å². The summed E-state index contributed by atoms with van der Waals surface area (Å²) in [6, 6.07) is 5.70. The summed E-state index contributed by atoms with van der Waals surface area (Å²) in [5, 5.41) is 2.72. The fourth-order valence-electron chi connectivity index (χ4n) is 1.88. The van der Waals surface area contributed by atoms with Crippen LogP contribution in [0.3, 0.4) is 0 Å². The van der Waals surface area contributed by atoms with Crippen LogP contribution in [0.5, 0.6) is 0 Å². The number of fused-ring (bicyclic) bond motifs is 1. The monoisotopic (exact) mass is 257 g/mol. The lowest BCUT2D eigenvalue weighted by molar-refractivity contribution is 0.607. The van der Waals surface area contributed by atoms with Gasteiger partial charge in [0.15, 0.2) is 17.5 Å². The maximum absolute atomic E-state index is 13.7. The van der Waals surface area contributed by atoms with Gasteiger partial charge >= 0.3 is 0 Å². The Morgan fingerprint density at radius 1 is 1.21 bits per heavy atom. The molecule has 6 heteroatoms. The number of halogens is 1. The van der Waals surface area contributed by atoms with Gasteiger partial charge in [-0.2, -0.15) is 0 Å². The summed E-state index contributed by atoms with van der Waals surface area (Å²) < 4.78 is 15.6. The molecule has 3 rings (SSSR count). The van der Waals surface area contributed by atoms with Crippen LogP contribution in [0.1, 0.15) is 5.69 Å². The van der Waals surface area contributed by atoms with Gasteiger partial charge in [-0.05, 0) is 19.1 Å². The van der Waals surface area contributed by atoms with Crippen molar-refractivity contribution in [2.45, 2.75) is 6.92 Å². The molecule has 5 nitrogen and oxygen atoms in total. The number of aryl methyl sites for hydroxylation is 1. The molecule has 0 aromatic carbocycles. The molecule has 0 atom stereocenters. The molecule has 19 heavy (non-hydrogen) atoms. The zero-order valence-electron chi connectivity index (χ0n) is 10.6. The van der Waals surface area contributed by atoms with Gasteiger partial charge in [-0.1, -0.05) is 6.07 Å². The Morgan fingerprint density at radius 3 is 2.79 bits per heavy atom. The first-order chi connectivity index (χ1) is 9.19. The zero-order chi connectivity index (χ0) is 13.4. The van der Waals surface area contributed by atoms with Gasteiger partial charge in [0.25, 0.3) is 0 Å². The van der Waals surface area contributed by atoms with Gasteiger partial charge in [-0.15, -0.1) is 0 Å². The molecule has 3 heterocycles. The first kappa shape index (κ1) is 11.6. The fourth-order valence-corrected chi connectivity index (χ4v) is 1.88. The Kier molecular flexibility index (Phi) is 2.63. The number of hydrogen-bond acceptors (Lipinski definition) is 4. The van der Waals surface area contributed by atoms with Crippen LogP contribution in [-0.4, -0.2) is 26.4 Å². The van der Waals surface area contributed by atoms with Gasteiger partial charge in [-0.3, -0.25) is 0 Å². The highest BCUT2D eigenvalue weighted by Crippen LogP contribution is 2.20. The van der Waals surface area contributed by atoms with E-state index in [1.165, 1.54) is 0 Å². The van der Waals surface area contributed by atoms with Gasteiger partial charge in [0.05, 0.1) is 5.69 Å². The van der Waals surface area contributed by atoms with Crippen LogP contribution in [0.4, 0.5) is 10.2 Å². The average molecular weight is 257 g/mol. The van der Waals surface area contributed by atoms with E-state index in [4.69, 9.17) is 0 Å². The molecule has 0 saturated heterocycles. The second-order valence-electron chi connectivity index (χ2n) is 4.14. The van der Waals surface area contributed by atoms with Crippen molar-refractivity contribution in [1.82, 2.24) is 19.4 Å². The topological polar surface area (TPSA) is 55.1 Å². The number of rotatable bonds is 2. The van der Waals surface area contributed by atoms with Crippen LogP contribution in [-0.2, 0) is 0 Å². The third-order valence-electron chi connectivity index (χ3n) is 2.85. The lowest BCUT2D eigenvalue weighted by atomic mass is 10.3. The Labute approximate surface area is 109 Å². The maximum atomic E-state index is 13.7. The van der Waals surface area contributed by atoms with Gasteiger partial charge in [0.2, 0.25) is 0 Å². The molecule has 3 aromatic rings. The Morgan fingerprint density at radius 2 is 2.05 bits per heavy atom. The van der Waals surface area contributed by atoms with Gasteiger partial charge in [0.1, 0.15) is 11.3 Å². The lowest BCUT2D eigenvalue weighted by Crippen LogP contribution is -2.03. The summed E-state index contributed by atoms with van der Waals surface area (Å²) in [6.07, 6.45) is 3.71. The van der Waals surface area contributed by atoms with E-state index < -0.39 is 5.82 Å². The highest BCUT2D eigenvalue weighted by Gasteiger charge is 2.13. The number of anilines is 1. The van der Waals surface area contributed by atoms with Crippen molar-refractivity contribution in [3.63, 3.8) is 0 Å². The molecule has 0 aliphatic heterocycles. The third-order valence-corrected chi connectivity index (χ3v) is 2.85. The molecule has 0 bridgehead atoms. The average Bonchev–Trinajstić information content (AvgIpc) is 2.85. The van der Waals surface area contributed by atoms with Crippen LogP contribution in [0.15, 0.2) is 30.6 Å². The van der Waals surface area contributed by atoms with Crippen molar-refractivity contribution >= 4 is 11.5 Å². The molecule has 0 amide bonds. The molecular formula is C13H12FN5. The van der Waals surface area contributed by atoms with Gasteiger partial charge in [-0.25, -0.2) is 19.3 Å². The number of pyridine rings is 1. The maximum Gasteiger partial charge on any atom is 0.186 e. The molecule has 0 radical (unpaired) electrons. The summed E-state index contributed by atoms with van der Waals surface area (Å²) >= 11 is 0. The van der Waals surface area contributed by atoms with Crippen LogP contribution >= 0.6 is 0 Å². The third kappa shape index (κ3) is 1.91. The second kappa shape index (κ2) is 4.31. The molecule has 0 aliphatic rings. The number of imidazole rings is 1. The van der Waals surface area contributed by atoms with Crippen molar-refractivity contribution in [1.29, 1.82) is 0 Å². The summed E-state index contributed by atoms with van der Waals surface area (Å²) in [5.74, 6) is 0.154. The van der Waals surface area contributed by atoms with Crippen molar-refractivity contribution < 1.29 is 4.39 Å². The lowest BCUT2D eigenvalue weighted by Gasteiger charge is -2.05. The van der Waals surface area contributed by atoms with Crippen molar-refractivity contribution in [2.24, 2.45) is 0 Å². The smallest absolute Gasteiger partial charge is 0.186 e. The number of nitrogens with one attached hydrogen (secondary N) is 1. The predicted octanol–water partition coefficient (Wildman–Crippen LogP) is 2.28. The molecule has 0 saturated carbocycles. The summed E-state index contributed by atoms with van der Waals surface area (Å²) in [7, 11) is 1.62. The standard InChI is InChI=1S/C13H12FN5/c1-8-11(14)13(15-2)18-12(16-8)9-7-19-6-4-3-5-10(19)17-9/h3-7H,1-2H3,(H,15,16,18). The van der Waals surface area contributed by atoms with E-state index in [9.17, 15) is 4.39 Å². The van der Waals surface area contributed by atoms with E-state index in [-0.39, 0.29) is 5.82 Å². The van der Waals surface area contributed by atoms with Crippen molar-refractivity contribution in [2.75, 3.05) is 12.4 Å². The first-order valence-electron chi connectivity index (χ1n) is 5.85. The van der Waals surface area contributed by atoms with E-state index in [0.717, 1.165) is 5.65 Å². The molecule has 0 spiro atoms. The minimum atomic E-state index is -0.435. The summed E-state index contributed by atoms with van der Waals surface area (Å²) in [6.45, 7) is 1.61. The summed E-state index contributed by atoms with van der Waals surface area (Å²) in [4.78, 5) is 12.7. The summed E-state index contributed by atoms with van der Waals surface area (Å²) in [5.41, 5.74) is 1.71. The van der Waals surface area contributed by atoms with E-state index in [1.807, 2.05) is 35.0 Å². The van der Waals surface area contributed by atoms with E-state index in [2.05, 4.69) is 20.3 Å². The normalized spacial score (nSPS) is 10.9. The van der Waals surface area contributed by atoms with Crippen molar-refractivity contribution in [3.05, 3.63) is 42.1 Å². The first-order valence-corrected chi connectivity index (χ1v) is 5.85. The van der Waals surface area contributed by atoms with Gasteiger partial charge < -0.3 is 9.72 Å². The Hall–Kier alpha value is -2.50. The van der Waals surface area contributed by atoms with Crippen LogP contribution in [0.2, 0.25) is 0 Å². The predicted molar refractivity (Wildman–Crippen MR) is 70.5 cm³/mol. The minimum Gasteiger partial charge on any atom is -0.371 e. The van der Waals surface area contributed by atoms with Crippen LogP contribution in [0.25, 0.3) is 17.2 Å². The van der Waals surface area contributed by atoms with Crippen LogP contribution < -0.4 is 5.32 Å².